The van der Waals surface area contributed by atoms with Gasteiger partial charge in [-0.2, -0.15) is 0 Å². The first-order chi connectivity index (χ1) is 10.2. The van der Waals surface area contributed by atoms with Crippen molar-refractivity contribution in [1.82, 2.24) is 0 Å². The van der Waals surface area contributed by atoms with E-state index in [4.69, 9.17) is 0 Å². The lowest BCUT2D eigenvalue weighted by Crippen LogP contribution is -2.19. The highest BCUT2D eigenvalue weighted by molar-refractivity contribution is 5.76. The molecule has 22 heavy (non-hydrogen) atoms. The van der Waals surface area contributed by atoms with Crippen LogP contribution in [0.25, 0.3) is 5.57 Å². The molecule has 0 N–H and O–H groups in total. The number of hydrogen-bond acceptors (Lipinski definition) is 0. The van der Waals surface area contributed by atoms with Crippen molar-refractivity contribution in [2.24, 2.45) is 0 Å². The topological polar surface area (TPSA) is 0 Å². The molecule has 0 aliphatic heterocycles. The van der Waals surface area contributed by atoms with Gasteiger partial charge >= 0.3 is 0 Å². The Morgan fingerprint density at radius 2 is 1.41 bits per heavy atom. The van der Waals surface area contributed by atoms with Gasteiger partial charge in [-0.3, -0.25) is 0 Å². The summed E-state index contributed by atoms with van der Waals surface area (Å²) in [6.07, 6.45) is 9.33. The van der Waals surface area contributed by atoms with Gasteiger partial charge in [0.15, 0.2) is 0 Å². The van der Waals surface area contributed by atoms with Gasteiger partial charge in [0.2, 0.25) is 0 Å². The zero-order valence-electron chi connectivity index (χ0n) is 15.5. The fourth-order valence-electron chi connectivity index (χ4n) is 3.46. The summed E-state index contributed by atoms with van der Waals surface area (Å²) in [4.78, 5) is 0. The van der Waals surface area contributed by atoms with Gasteiger partial charge in [-0.15, -0.1) is 0 Å². The third-order valence-corrected chi connectivity index (χ3v) is 4.52. The van der Waals surface area contributed by atoms with Gasteiger partial charge in [-0.25, -0.2) is 0 Å². The van der Waals surface area contributed by atoms with Gasteiger partial charge in [-0.05, 0) is 57.9 Å². The zero-order chi connectivity index (χ0) is 16.5. The quantitative estimate of drug-likeness (QED) is 0.565. The maximum Gasteiger partial charge on any atom is -0.0126 e. The lowest BCUT2D eigenvalue weighted by molar-refractivity contribution is 0.563. The smallest absolute Gasteiger partial charge is 0.0126 e. The summed E-state index contributed by atoms with van der Waals surface area (Å²) < 4.78 is 0. The van der Waals surface area contributed by atoms with Crippen molar-refractivity contribution in [2.45, 2.75) is 78.6 Å². The summed E-state index contributed by atoms with van der Waals surface area (Å²) in [6.45, 7) is 16.3. The van der Waals surface area contributed by atoms with Gasteiger partial charge in [-0.1, -0.05) is 78.8 Å². The molecule has 0 amide bonds. The first kappa shape index (κ1) is 17.1. The van der Waals surface area contributed by atoms with Gasteiger partial charge in [0.05, 0.1) is 0 Å². The predicted octanol–water partition coefficient (Wildman–Crippen LogP) is 6.96. The van der Waals surface area contributed by atoms with E-state index in [1.165, 1.54) is 35.1 Å². The molecule has 0 atom stereocenters. The predicted molar refractivity (Wildman–Crippen MR) is 99.7 cm³/mol. The molecule has 0 aromatic heterocycles. The third kappa shape index (κ3) is 3.54. The van der Waals surface area contributed by atoms with E-state index in [0.717, 1.165) is 0 Å². The minimum atomic E-state index is 0.189. The van der Waals surface area contributed by atoms with Crippen molar-refractivity contribution >= 4 is 5.57 Å². The second-order valence-corrected chi connectivity index (χ2v) is 8.23. The number of allylic oxidation sites excluding steroid dienone is 4. The van der Waals surface area contributed by atoms with E-state index in [1.807, 2.05) is 0 Å². The largest absolute Gasteiger partial charge is 0.0836 e. The lowest BCUT2D eigenvalue weighted by atomic mass is 9.74. The molecule has 120 valence electrons. The Hall–Kier alpha value is -1.30. The summed E-state index contributed by atoms with van der Waals surface area (Å²) in [5.74, 6) is 1.11. The van der Waals surface area contributed by atoms with E-state index in [-0.39, 0.29) is 5.41 Å². The van der Waals surface area contributed by atoms with Gasteiger partial charge < -0.3 is 0 Å². The van der Waals surface area contributed by atoms with Crippen molar-refractivity contribution in [3.63, 3.8) is 0 Å². The van der Waals surface area contributed by atoms with Crippen LogP contribution < -0.4 is 0 Å². The average Bonchev–Trinajstić information content (AvgIpc) is 2.45. The molecular weight excluding hydrogens is 264 g/mol. The van der Waals surface area contributed by atoms with Crippen molar-refractivity contribution in [3.05, 3.63) is 52.6 Å². The maximum atomic E-state index is 2.44. The minimum absolute atomic E-state index is 0.189. The van der Waals surface area contributed by atoms with Crippen molar-refractivity contribution in [3.8, 4) is 0 Å². The monoisotopic (exact) mass is 296 g/mol. The lowest BCUT2D eigenvalue weighted by Gasteiger charge is -2.31. The maximum absolute atomic E-state index is 2.44. The molecule has 0 spiro atoms. The molecule has 0 saturated carbocycles. The van der Waals surface area contributed by atoms with Crippen LogP contribution in [0.2, 0.25) is 0 Å². The molecule has 1 aromatic rings. The van der Waals surface area contributed by atoms with Gasteiger partial charge in [0, 0.05) is 0 Å². The van der Waals surface area contributed by atoms with E-state index in [9.17, 15) is 0 Å². The molecule has 0 nitrogen and oxygen atoms in total. The van der Waals surface area contributed by atoms with E-state index >= 15 is 0 Å². The molecule has 0 bridgehead atoms. The highest BCUT2D eigenvalue weighted by Crippen LogP contribution is 2.39. The van der Waals surface area contributed by atoms with E-state index in [0.29, 0.717) is 11.8 Å². The highest BCUT2D eigenvalue weighted by atomic mass is 14.3. The fraction of sp³-hybridized carbons (Fsp3) is 0.545. The average molecular weight is 296 g/mol. The Morgan fingerprint density at radius 1 is 0.864 bits per heavy atom. The Labute approximate surface area is 137 Å². The molecule has 0 heteroatoms. The fourth-order valence-corrected chi connectivity index (χ4v) is 3.46. The molecular formula is C22H32. The molecule has 0 radical (unpaired) electrons. The molecule has 1 aliphatic carbocycles. The number of rotatable bonds is 3. The van der Waals surface area contributed by atoms with E-state index in [1.54, 1.807) is 5.56 Å². The number of benzene rings is 1. The SMILES string of the molecule is CC(C)c1cc(C2=CCCC=C2)cc(C(C)C)c1C(C)(C)C. The summed E-state index contributed by atoms with van der Waals surface area (Å²) in [7, 11) is 0. The summed E-state index contributed by atoms with van der Waals surface area (Å²) in [5, 5.41) is 0. The second-order valence-electron chi connectivity index (χ2n) is 8.23. The van der Waals surface area contributed by atoms with Crippen molar-refractivity contribution in [1.29, 1.82) is 0 Å². The molecule has 0 unspecified atom stereocenters. The summed E-state index contributed by atoms with van der Waals surface area (Å²) >= 11 is 0. The van der Waals surface area contributed by atoms with Crippen LogP contribution in [-0.4, -0.2) is 0 Å². The van der Waals surface area contributed by atoms with Gasteiger partial charge in [0.25, 0.3) is 0 Å². The van der Waals surface area contributed by atoms with E-state index < -0.39 is 0 Å². The van der Waals surface area contributed by atoms with Crippen molar-refractivity contribution in [2.75, 3.05) is 0 Å². The van der Waals surface area contributed by atoms with Crippen LogP contribution >= 0.6 is 0 Å². The highest BCUT2D eigenvalue weighted by Gasteiger charge is 2.25. The Bertz CT molecular complexity index is 560. The second kappa shape index (κ2) is 6.44. The first-order valence-corrected chi connectivity index (χ1v) is 8.77. The summed E-state index contributed by atoms with van der Waals surface area (Å²) in [5.41, 5.74) is 7.59. The molecule has 1 aromatic carbocycles. The van der Waals surface area contributed by atoms with Crippen molar-refractivity contribution < 1.29 is 0 Å². The van der Waals surface area contributed by atoms with Crippen LogP contribution in [0, 0.1) is 0 Å². The van der Waals surface area contributed by atoms with Crippen LogP contribution in [0.3, 0.4) is 0 Å². The molecule has 0 heterocycles. The molecule has 2 rings (SSSR count). The van der Waals surface area contributed by atoms with Gasteiger partial charge in [0.1, 0.15) is 0 Å². The standard InChI is InChI=1S/C22H32/c1-15(2)19-13-18(17-11-9-8-10-12-17)14-20(16(3)4)21(19)22(5,6)7/h9,11-16H,8,10H2,1-7H3. The van der Waals surface area contributed by atoms with Crippen LogP contribution in [0.15, 0.2) is 30.4 Å². The Kier molecular flexibility index (Phi) is 5.00. The van der Waals surface area contributed by atoms with Crippen LogP contribution in [0.5, 0.6) is 0 Å². The van der Waals surface area contributed by atoms with Crippen LogP contribution in [0.4, 0.5) is 0 Å². The molecule has 0 fully saturated rings. The third-order valence-electron chi connectivity index (χ3n) is 4.52. The normalized spacial score (nSPS) is 15.6. The van der Waals surface area contributed by atoms with Crippen LogP contribution in [0.1, 0.15) is 95.4 Å². The summed E-state index contributed by atoms with van der Waals surface area (Å²) in [6, 6.07) is 4.89. The minimum Gasteiger partial charge on any atom is -0.0836 e. The Morgan fingerprint density at radius 3 is 1.77 bits per heavy atom. The number of hydrogen-bond donors (Lipinski definition) is 0. The zero-order valence-corrected chi connectivity index (χ0v) is 15.5. The molecule has 0 saturated heterocycles. The van der Waals surface area contributed by atoms with E-state index in [2.05, 4.69) is 78.8 Å². The first-order valence-electron chi connectivity index (χ1n) is 8.77. The molecule has 1 aliphatic rings. The Balaban J connectivity index is 2.70. The van der Waals surface area contributed by atoms with Crippen LogP contribution in [-0.2, 0) is 5.41 Å².